The molecule has 0 bridgehead atoms. The number of piperidine rings is 1. The van der Waals surface area contributed by atoms with Crippen LogP contribution < -0.4 is 11.1 Å². The lowest BCUT2D eigenvalue weighted by Gasteiger charge is -2.31. The molecule has 2 heterocycles. The number of nitrogens with zero attached hydrogens (tertiary/aromatic N) is 3. The van der Waals surface area contributed by atoms with E-state index in [1.165, 1.54) is 0 Å². The molecule has 1 amide bonds. The molecule has 0 aromatic carbocycles. The molecule has 0 spiro atoms. The Labute approximate surface area is 107 Å². The lowest BCUT2D eigenvalue weighted by Crippen LogP contribution is -2.44. The number of nitrogens with two attached hydrogens (primary N) is 1. The van der Waals surface area contributed by atoms with E-state index < -0.39 is 0 Å². The number of aromatic nitrogens is 2. The minimum Gasteiger partial charge on any atom is -0.396 e. The average molecular weight is 251 g/mol. The first kappa shape index (κ1) is 12.9. The van der Waals surface area contributed by atoms with Crippen molar-refractivity contribution in [1.29, 1.82) is 0 Å². The number of aryl methyl sites for hydroxylation is 1. The van der Waals surface area contributed by atoms with Crippen molar-refractivity contribution in [3.63, 3.8) is 0 Å². The standard InChI is InChI=1S/C12H21N5O/c1-3-17-6-4-9(5-7-17)14-12(18)11-10(13)8-16(2)15-11/h8-9H,3-7,13H2,1-2H3,(H,14,18). The number of amides is 1. The molecule has 6 heteroatoms. The van der Waals surface area contributed by atoms with Crippen LogP contribution in [0.4, 0.5) is 5.69 Å². The van der Waals surface area contributed by atoms with Gasteiger partial charge in [0.1, 0.15) is 0 Å². The average Bonchev–Trinajstić information content (AvgIpc) is 2.69. The summed E-state index contributed by atoms with van der Waals surface area (Å²) in [6.45, 7) is 5.32. The van der Waals surface area contributed by atoms with Crippen LogP contribution in [0.2, 0.25) is 0 Å². The molecule has 1 saturated heterocycles. The zero-order valence-corrected chi connectivity index (χ0v) is 11.0. The van der Waals surface area contributed by atoms with Crippen molar-refractivity contribution < 1.29 is 4.79 Å². The zero-order valence-electron chi connectivity index (χ0n) is 11.0. The molecule has 18 heavy (non-hydrogen) atoms. The normalized spacial score (nSPS) is 17.9. The number of nitrogen functional groups attached to an aromatic ring is 1. The second kappa shape index (κ2) is 5.39. The summed E-state index contributed by atoms with van der Waals surface area (Å²) in [6, 6.07) is 0.238. The van der Waals surface area contributed by atoms with Gasteiger partial charge in [-0.05, 0) is 19.4 Å². The molecule has 2 rings (SSSR count). The van der Waals surface area contributed by atoms with Crippen LogP contribution in [0, 0.1) is 0 Å². The smallest absolute Gasteiger partial charge is 0.274 e. The molecule has 1 aromatic heterocycles. The number of hydrogen-bond donors (Lipinski definition) is 2. The van der Waals surface area contributed by atoms with Gasteiger partial charge in [-0.15, -0.1) is 0 Å². The SMILES string of the molecule is CCN1CCC(NC(=O)c2nn(C)cc2N)CC1. The van der Waals surface area contributed by atoms with Crippen LogP contribution in [0.1, 0.15) is 30.3 Å². The van der Waals surface area contributed by atoms with Gasteiger partial charge in [-0.3, -0.25) is 9.48 Å². The number of anilines is 1. The van der Waals surface area contributed by atoms with Crippen LogP contribution in [-0.2, 0) is 7.05 Å². The van der Waals surface area contributed by atoms with Crippen LogP contribution in [0.5, 0.6) is 0 Å². The Bertz CT molecular complexity index is 420. The molecule has 1 fully saturated rings. The summed E-state index contributed by atoms with van der Waals surface area (Å²) in [5.41, 5.74) is 6.50. The third kappa shape index (κ3) is 2.81. The quantitative estimate of drug-likeness (QED) is 0.805. The Hall–Kier alpha value is -1.56. The summed E-state index contributed by atoms with van der Waals surface area (Å²) in [5, 5.41) is 7.09. The predicted octanol–water partition coefficient (Wildman–Crippen LogP) is 0.216. The monoisotopic (exact) mass is 251 g/mol. The molecule has 1 aromatic rings. The lowest BCUT2D eigenvalue weighted by atomic mass is 10.0. The number of carbonyl (C=O) groups excluding carboxylic acids is 1. The van der Waals surface area contributed by atoms with Gasteiger partial charge >= 0.3 is 0 Å². The maximum Gasteiger partial charge on any atom is 0.274 e. The summed E-state index contributed by atoms with van der Waals surface area (Å²) in [4.78, 5) is 14.4. The molecule has 0 unspecified atom stereocenters. The van der Waals surface area contributed by atoms with Gasteiger partial charge in [0.05, 0.1) is 5.69 Å². The van der Waals surface area contributed by atoms with Gasteiger partial charge in [0.15, 0.2) is 5.69 Å². The van der Waals surface area contributed by atoms with Gasteiger partial charge in [0.2, 0.25) is 0 Å². The summed E-state index contributed by atoms with van der Waals surface area (Å²) in [7, 11) is 1.76. The highest BCUT2D eigenvalue weighted by molar-refractivity contribution is 5.97. The van der Waals surface area contributed by atoms with Crippen LogP contribution in [-0.4, -0.2) is 46.3 Å². The summed E-state index contributed by atoms with van der Waals surface area (Å²) in [6.07, 6.45) is 3.63. The summed E-state index contributed by atoms with van der Waals surface area (Å²) in [5.74, 6) is -0.164. The lowest BCUT2D eigenvalue weighted by molar-refractivity contribution is 0.0908. The summed E-state index contributed by atoms with van der Waals surface area (Å²) < 4.78 is 1.56. The molecule has 100 valence electrons. The van der Waals surface area contributed by atoms with Crippen LogP contribution in [0.3, 0.4) is 0 Å². The largest absolute Gasteiger partial charge is 0.396 e. The van der Waals surface area contributed by atoms with Crippen LogP contribution in [0.25, 0.3) is 0 Å². The molecule has 0 aliphatic carbocycles. The fourth-order valence-corrected chi connectivity index (χ4v) is 2.33. The van der Waals surface area contributed by atoms with Gasteiger partial charge < -0.3 is 16.0 Å². The molecular weight excluding hydrogens is 230 g/mol. The van der Waals surface area contributed by atoms with E-state index in [4.69, 9.17) is 5.73 Å². The molecule has 1 aliphatic heterocycles. The van der Waals surface area contributed by atoms with Crippen molar-refractivity contribution in [2.24, 2.45) is 7.05 Å². The third-order valence-corrected chi connectivity index (χ3v) is 3.44. The third-order valence-electron chi connectivity index (χ3n) is 3.44. The van der Waals surface area contributed by atoms with Crippen molar-refractivity contribution in [2.75, 3.05) is 25.4 Å². The van der Waals surface area contributed by atoms with Crippen LogP contribution >= 0.6 is 0 Å². The number of hydrogen-bond acceptors (Lipinski definition) is 4. The van der Waals surface area contributed by atoms with Crippen molar-refractivity contribution in [2.45, 2.75) is 25.8 Å². The maximum absolute atomic E-state index is 12.0. The fraction of sp³-hybridized carbons (Fsp3) is 0.667. The van der Waals surface area contributed by atoms with E-state index >= 15 is 0 Å². The highest BCUT2D eigenvalue weighted by Crippen LogP contribution is 2.12. The first-order chi connectivity index (χ1) is 8.60. The molecule has 0 radical (unpaired) electrons. The molecule has 0 atom stereocenters. The van der Waals surface area contributed by atoms with Crippen molar-refractivity contribution >= 4 is 11.6 Å². The molecular formula is C12H21N5O. The Morgan fingerprint density at radius 2 is 2.22 bits per heavy atom. The van der Waals surface area contributed by atoms with Gasteiger partial charge in [-0.2, -0.15) is 5.10 Å². The number of carbonyl (C=O) groups is 1. The second-order valence-corrected chi connectivity index (χ2v) is 4.79. The Kier molecular flexibility index (Phi) is 3.86. The number of likely N-dealkylation sites (tertiary alicyclic amines) is 1. The second-order valence-electron chi connectivity index (χ2n) is 4.79. The minimum absolute atomic E-state index is 0.164. The topological polar surface area (TPSA) is 76.2 Å². The summed E-state index contributed by atoms with van der Waals surface area (Å²) >= 11 is 0. The van der Waals surface area contributed by atoms with Crippen molar-refractivity contribution in [3.05, 3.63) is 11.9 Å². The van der Waals surface area contributed by atoms with Crippen molar-refractivity contribution in [3.8, 4) is 0 Å². The Morgan fingerprint density at radius 1 is 1.56 bits per heavy atom. The molecule has 0 saturated carbocycles. The van der Waals surface area contributed by atoms with E-state index in [-0.39, 0.29) is 11.9 Å². The minimum atomic E-state index is -0.164. The van der Waals surface area contributed by atoms with Crippen LogP contribution in [0.15, 0.2) is 6.20 Å². The van der Waals surface area contributed by atoms with Gasteiger partial charge in [0, 0.05) is 32.4 Å². The first-order valence-corrected chi connectivity index (χ1v) is 6.42. The Balaban J connectivity index is 1.90. The van der Waals surface area contributed by atoms with Gasteiger partial charge in [-0.25, -0.2) is 0 Å². The molecule has 6 nitrogen and oxygen atoms in total. The highest BCUT2D eigenvalue weighted by Gasteiger charge is 2.22. The molecule has 1 aliphatic rings. The van der Waals surface area contributed by atoms with E-state index in [0.717, 1.165) is 32.5 Å². The maximum atomic E-state index is 12.0. The zero-order chi connectivity index (χ0) is 13.1. The van der Waals surface area contributed by atoms with Gasteiger partial charge in [0.25, 0.3) is 5.91 Å². The Morgan fingerprint density at radius 3 is 2.72 bits per heavy atom. The molecule has 3 N–H and O–H groups in total. The van der Waals surface area contributed by atoms with E-state index in [1.54, 1.807) is 17.9 Å². The fourth-order valence-electron chi connectivity index (χ4n) is 2.33. The van der Waals surface area contributed by atoms with E-state index in [2.05, 4.69) is 22.2 Å². The van der Waals surface area contributed by atoms with Gasteiger partial charge in [-0.1, -0.05) is 6.92 Å². The first-order valence-electron chi connectivity index (χ1n) is 6.42. The highest BCUT2D eigenvalue weighted by atomic mass is 16.2. The predicted molar refractivity (Wildman–Crippen MR) is 70.2 cm³/mol. The number of nitrogens with one attached hydrogen (secondary N) is 1. The van der Waals surface area contributed by atoms with E-state index in [9.17, 15) is 4.79 Å². The van der Waals surface area contributed by atoms with E-state index in [1.807, 2.05) is 0 Å². The number of rotatable bonds is 3. The van der Waals surface area contributed by atoms with Crippen molar-refractivity contribution in [1.82, 2.24) is 20.0 Å². The van der Waals surface area contributed by atoms with E-state index in [0.29, 0.717) is 11.4 Å².